The number of aromatic nitrogens is 1. The summed E-state index contributed by atoms with van der Waals surface area (Å²) in [5.74, 6) is 0.0679. The Kier molecular flexibility index (Phi) is 3.54. The van der Waals surface area contributed by atoms with Crippen molar-refractivity contribution in [2.75, 3.05) is 0 Å². The summed E-state index contributed by atoms with van der Waals surface area (Å²) < 4.78 is 29.8. The van der Waals surface area contributed by atoms with E-state index in [-0.39, 0.29) is 26.5 Å². The molecule has 5 nitrogen and oxygen atoms in total. The highest BCUT2D eigenvalue weighted by atomic mass is 35.5. The van der Waals surface area contributed by atoms with Crippen LogP contribution in [0.15, 0.2) is 32.6 Å². The van der Waals surface area contributed by atoms with Gasteiger partial charge in [0.25, 0.3) is 5.09 Å². The lowest BCUT2D eigenvalue weighted by molar-refractivity contribution is 0.422. The molecule has 0 fully saturated rings. The molecule has 0 bridgehead atoms. The van der Waals surface area contributed by atoms with Gasteiger partial charge < -0.3 is 4.42 Å². The lowest BCUT2D eigenvalue weighted by Gasteiger charge is -2.05. The summed E-state index contributed by atoms with van der Waals surface area (Å²) in [5.41, 5.74) is -0.325. The van der Waals surface area contributed by atoms with Crippen molar-refractivity contribution in [1.82, 2.24) is 4.98 Å². The number of benzene rings is 1. The van der Waals surface area contributed by atoms with E-state index in [0.29, 0.717) is 0 Å². The average Bonchev–Trinajstić information content (AvgIpc) is 2.70. The Balaban J connectivity index is 2.77. The van der Waals surface area contributed by atoms with Crippen LogP contribution >= 0.6 is 23.2 Å². The van der Waals surface area contributed by atoms with Gasteiger partial charge >= 0.3 is 0 Å². The van der Waals surface area contributed by atoms with Gasteiger partial charge in [0.15, 0.2) is 11.6 Å². The molecule has 0 aliphatic carbocycles. The summed E-state index contributed by atoms with van der Waals surface area (Å²) in [6.07, 6.45) is 0. The van der Waals surface area contributed by atoms with Crippen LogP contribution in [-0.4, -0.2) is 13.4 Å². The smallest absolute Gasteiger partial charge is 0.261 e. The van der Waals surface area contributed by atoms with Crippen molar-refractivity contribution < 1.29 is 12.8 Å². The maximum absolute atomic E-state index is 12.4. The third-order valence-electron chi connectivity index (χ3n) is 2.24. The first-order valence-electron chi connectivity index (χ1n) is 4.94. The van der Waals surface area contributed by atoms with E-state index in [0.717, 1.165) is 0 Å². The molecule has 0 aliphatic heterocycles. The predicted octanol–water partition coefficient (Wildman–Crippen LogP) is 2.99. The number of hydrogen-bond donors (Lipinski definition) is 0. The molecule has 0 radical (unpaired) electrons. The van der Waals surface area contributed by atoms with Gasteiger partial charge in [-0.1, -0.05) is 29.3 Å². The number of hydrogen-bond acceptors (Lipinski definition) is 5. The molecule has 2 rings (SSSR count). The van der Waals surface area contributed by atoms with Crippen molar-refractivity contribution in [2.24, 2.45) is 0 Å². The first-order chi connectivity index (χ1) is 8.87. The van der Waals surface area contributed by atoms with Crippen LogP contribution in [0.25, 0.3) is 0 Å². The number of halogens is 2. The number of oxazole rings is 1. The van der Waals surface area contributed by atoms with Gasteiger partial charge in [0.1, 0.15) is 11.0 Å². The molecule has 1 aromatic carbocycles. The Hall–Kier alpha value is -1.55. The van der Waals surface area contributed by atoms with Gasteiger partial charge in [-0.25, -0.2) is 13.4 Å². The monoisotopic (exact) mass is 316 g/mol. The maximum Gasteiger partial charge on any atom is 0.261 e. The zero-order valence-electron chi connectivity index (χ0n) is 9.52. The van der Waals surface area contributed by atoms with Crippen molar-refractivity contribution in [1.29, 1.82) is 5.26 Å². The molecule has 0 spiro atoms. The number of nitriles is 1. The summed E-state index contributed by atoms with van der Waals surface area (Å²) in [6.45, 7) is 1.44. The molecule has 0 amide bonds. The summed E-state index contributed by atoms with van der Waals surface area (Å²) in [4.78, 5) is 3.39. The van der Waals surface area contributed by atoms with Gasteiger partial charge in [0, 0.05) is 6.92 Å². The van der Waals surface area contributed by atoms with E-state index in [2.05, 4.69) is 4.98 Å². The highest BCUT2D eigenvalue weighted by Crippen LogP contribution is 2.34. The molecule has 0 saturated carbocycles. The van der Waals surface area contributed by atoms with Crippen molar-refractivity contribution in [3.63, 3.8) is 0 Å². The fourth-order valence-electron chi connectivity index (χ4n) is 1.49. The van der Waals surface area contributed by atoms with Crippen LogP contribution in [0.3, 0.4) is 0 Å². The van der Waals surface area contributed by atoms with Crippen LogP contribution in [0.5, 0.6) is 0 Å². The van der Waals surface area contributed by atoms with E-state index in [1.54, 1.807) is 6.07 Å². The topological polar surface area (TPSA) is 84.0 Å². The van der Waals surface area contributed by atoms with Crippen LogP contribution in [0.2, 0.25) is 10.0 Å². The molecule has 0 atom stereocenters. The van der Waals surface area contributed by atoms with E-state index in [1.807, 2.05) is 0 Å². The molecular weight excluding hydrogens is 311 g/mol. The van der Waals surface area contributed by atoms with E-state index >= 15 is 0 Å². The predicted molar refractivity (Wildman–Crippen MR) is 67.9 cm³/mol. The van der Waals surface area contributed by atoms with Crippen LogP contribution in [0, 0.1) is 18.3 Å². The standard InChI is InChI=1S/C11H6Cl2N2O3S/c1-6-15-9(5-14)11(18-6)19(16,17)10-7(12)3-2-4-8(10)13/h2-4H,1H3. The van der Waals surface area contributed by atoms with Gasteiger partial charge in [0.05, 0.1) is 10.0 Å². The van der Waals surface area contributed by atoms with E-state index in [9.17, 15) is 8.42 Å². The van der Waals surface area contributed by atoms with Gasteiger partial charge in [0.2, 0.25) is 9.84 Å². The Labute approximate surface area is 119 Å². The van der Waals surface area contributed by atoms with Crippen molar-refractivity contribution in [3.05, 3.63) is 39.8 Å². The molecular formula is C11H6Cl2N2O3S. The molecule has 8 heteroatoms. The molecule has 1 aromatic heterocycles. The van der Waals surface area contributed by atoms with Gasteiger partial charge in [-0.2, -0.15) is 5.26 Å². The Bertz CT molecular complexity index is 771. The number of nitrogens with zero attached hydrogens (tertiary/aromatic N) is 2. The number of rotatable bonds is 2. The summed E-state index contributed by atoms with van der Waals surface area (Å²) >= 11 is 11.7. The van der Waals surface area contributed by atoms with Gasteiger partial charge in [-0.15, -0.1) is 0 Å². The first kappa shape index (κ1) is 13.9. The summed E-state index contributed by atoms with van der Waals surface area (Å²) in [6, 6.07) is 5.94. The first-order valence-corrected chi connectivity index (χ1v) is 7.18. The molecule has 1 heterocycles. The quantitative estimate of drug-likeness (QED) is 0.850. The molecule has 0 saturated heterocycles. The minimum Gasteiger partial charge on any atom is -0.428 e. The molecule has 0 N–H and O–H groups in total. The largest absolute Gasteiger partial charge is 0.428 e. The minimum atomic E-state index is -4.14. The lowest BCUT2D eigenvalue weighted by atomic mass is 10.4. The van der Waals surface area contributed by atoms with Crippen molar-refractivity contribution in [2.45, 2.75) is 16.9 Å². The van der Waals surface area contributed by atoms with Crippen molar-refractivity contribution >= 4 is 33.0 Å². The molecule has 0 aliphatic rings. The number of sulfone groups is 1. The second-order valence-corrected chi connectivity index (χ2v) is 6.14. The average molecular weight is 317 g/mol. The van der Waals surface area contributed by atoms with Gasteiger partial charge in [-0.3, -0.25) is 0 Å². The second kappa shape index (κ2) is 4.85. The second-order valence-electron chi connectivity index (χ2n) is 3.53. The van der Waals surface area contributed by atoms with Crippen LogP contribution in [0.1, 0.15) is 11.6 Å². The Morgan fingerprint density at radius 2 is 1.89 bits per heavy atom. The molecule has 98 valence electrons. The SMILES string of the molecule is Cc1nc(C#N)c(S(=O)(=O)c2c(Cl)cccc2Cl)o1. The van der Waals surface area contributed by atoms with Crippen LogP contribution < -0.4 is 0 Å². The molecule has 2 aromatic rings. The zero-order chi connectivity index (χ0) is 14.2. The third-order valence-corrected chi connectivity index (χ3v) is 4.84. The molecule has 19 heavy (non-hydrogen) atoms. The third kappa shape index (κ3) is 2.32. The van der Waals surface area contributed by atoms with Gasteiger partial charge in [-0.05, 0) is 12.1 Å². The fourth-order valence-corrected chi connectivity index (χ4v) is 3.91. The van der Waals surface area contributed by atoms with E-state index < -0.39 is 14.9 Å². The summed E-state index contributed by atoms with van der Waals surface area (Å²) in [7, 11) is -4.14. The minimum absolute atomic E-state index is 0.0505. The number of aryl methyl sites for hydroxylation is 1. The highest BCUT2D eigenvalue weighted by molar-refractivity contribution is 7.91. The van der Waals surface area contributed by atoms with E-state index in [4.69, 9.17) is 32.9 Å². The van der Waals surface area contributed by atoms with Crippen molar-refractivity contribution in [3.8, 4) is 6.07 Å². The van der Waals surface area contributed by atoms with Crippen LogP contribution in [0.4, 0.5) is 0 Å². The van der Waals surface area contributed by atoms with E-state index in [1.165, 1.54) is 25.1 Å². The molecule has 0 unspecified atom stereocenters. The Morgan fingerprint density at radius 3 is 2.42 bits per heavy atom. The van der Waals surface area contributed by atoms with Crippen LogP contribution in [-0.2, 0) is 9.84 Å². The zero-order valence-corrected chi connectivity index (χ0v) is 11.8. The fraction of sp³-hybridized carbons (Fsp3) is 0.0909. The normalized spacial score (nSPS) is 11.3. The summed E-state index contributed by atoms with van der Waals surface area (Å²) in [5, 5.41) is 8.22. The maximum atomic E-state index is 12.4. The highest BCUT2D eigenvalue weighted by Gasteiger charge is 2.31. The lowest BCUT2D eigenvalue weighted by Crippen LogP contribution is -2.04. The Morgan fingerprint density at radius 1 is 1.32 bits per heavy atom.